The van der Waals surface area contributed by atoms with Crippen molar-refractivity contribution in [2.24, 2.45) is 0 Å². The highest BCUT2D eigenvalue weighted by atomic mass is 35.5. The Bertz CT molecular complexity index is 529. The van der Waals surface area contributed by atoms with Gasteiger partial charge in [0.25, 0.3) is 0 Å². The minimum absolute atomic E-state index is 0.720. The molecule has 1 nitrogen and oxygen atoms in total. The first-order valence-electron chi connectivity index (χ1n) is 5.30. The number of ether oxygens (including phenoxy) is 1. The highest BCUT2D eigenvalue weighted by Gasteiger charge is 2.03. The van der Waals surface area contributed by atoms with Gasteiger partial charge in [0.1, 0.15) is 5.75 Å². The van der Waals surface area contributed by atoms with Gasteiger partial charge in [0.2, 0.25) is 0 Å². The molecule has 0 fully saturated rings. The summed E-state index contributed by atoms with van der Waals surface area (Å²) < 4.78 is 5.12. The molecule has 0 unspecified atom stereocenters. The van der Waals surface area contributed by atoms with Crippen LogP contribution in [0, 0.1) is 0 Å². The maximum Gasteiger partial charge on any atom is 0.118 e. The molecule has 0 aliphatic carbocycles. The van der Waals surface area contributed by atoms with Crippen molar-refractivity contribution >= 4 is 17.2 Å². The van der Waals surface area contributed by atoms with Crippen molar-refractivity contribution < 1.29 is 4.74 Å². The summed E-state index contributed by atoms with van der Waals surface area (Å²) in [5.74, 6) is 0.840. The number of benzene rings is 2. The molecule has 0 aromatic heterocycles. The van der Waals surface area contributed by atoms with Crippen LogP contribution in [0.2, 0.25) is 5.02 Å². The number of hydrogen-bond donors (Lipinski definition) is 0. The third kappa shape index (κ3) is 2.69. The predicted molar refractivity (Wildman–Crippen MR) is 72.6 cm³/mol. The van der Waals surface area contributed by atoms with Crippen LogP contribution in [-0.4, -0.2) is 7.11 Å². The summed E-state index contributed by atoms with van der Waals surface area (Å²) in [6, 6.07) is 15.5. The van der Waals surface area contributed by atoms with Crippen molar-refractivity contribution in [3.63, 3.8) is 0 Å². The normalized spacial score (nSPS) is 10.0. The standard InChI is InChI=1S/C15H13ClO/c1-11(13-4-3-5-14(16)10-13)12-6-8-15(17-2)9-7-12/h3-10H,1H2,2H3. The van der Waals surface area contributed by atoms with E-state index < -0.39 is 0 Å². The fraction of sp³-hybridized carbons (Fsp3) is 0.0667. The number of methoxy groups -OCH3 is 1. The molecule has 2 rings (SSSR count). The van der Waals surface area contributed by atoms with Crippen LogP contribution in [-0.2, 0) is 0 Å². The van der Waals surface area contributed by atoms with Gasteiger partial charge in [0.05, 0.1) is 7.11 Å². The summed E-state index contributed by atoms with van der Waals surface area (Å²) in [6.45, 7) is 4.09. The van der Waals surface area contributed by atoms with Crippen LogP contribution in [0.3, 0.4) is 0 Å². The van der Waals surface area contributed by atoms with Gasteiger partial charge in [-0.1, -0.05) is 42.4 Å². The molecule has 2 aromatic rings. The van der Waals surface area contributed by atoms with Crippen molar-refractivity contribution in [1.29, 1.82) is 0 Å². The average Bonchev–Trinajstić information content (AvgIpc) is 2.38. The Labute approximate surface area is 106 Å². The molecule has 0 amide bonds. The summed E-state index contributed by atoms with van der Waals surface area (Å²) in [5, 5.41) is 0.720. The summed E-state index contributed by atoms with van der Waals surface area (Å²) in [5.41, 5.74) is 3.05. The fourth-order valence-corrected chi connectivity index (χ4v) is 1.83. The SMILES string of the molecule is C=C(c1ccc(OC)cc1)c1cccc(Cl)c1. The van der Waals surface area contributed by atoms with E-state index in [-0.39, 0.29) is 0 Å². The first kappa shape index (κ1) is 11.7. The molecule has 0 heterocycles. The van der Waals surface area contributed by atoms with Gasteiger partial charge < -0.3 is 4.74 Å². The highest BCUT2D eigenvalue weighted by molar-refractivity contribution is 6.30. The molecule has 2 heteroatoms. The predicted octanol–water partition coefficient (Wildman–Crippen LogP) is 4.41. The maximum absolute atomic E-state index is 5.96. The lowest BCUT2D eigenvalue weighted by atomic mass is 10.00. The molecule has 86 valence electrons. The molecule has 0 aliphatic rings. The fourth-order valence-electron chi connectivity index (χ4n) is 1.64. The van der Waals surface area contributed by atoms with Crippen molar-refractivity contribution in [3.8, 4) is 5.75 Å². The van der Waals surface area contributed by atoms with E-state index >= 15 is 0 Å². The Hall–Kier alpha value is -1.73. The first-order chi connectivity index (χ1) is 8.20. The Morgan fingerprint density at radius 2 is 1.76 bits per heavy atom. The van der Waals surface area contributed by atoms with Crippen LogP contribution in [0.5, 0.6) is 5.75 Å². The molecule has 0 bridgehead atoms. The van der Waals surface area contributed by atoms with Crippen LogP contribution in [0.4, 0.5) is 0 Å². The zero-order chi connectivity index (χ0) is 12.3. The Morgan fingerprint density at radius 3 is 2.35 bits per heavy atom. The average molecular weight is 245 g/mol. The highest BCUT2D eigenvalue weighted by Crippen LogP contribution is 2.25. The zero-order valence-electron chi connectivity index (χ0n) is 9.61. The van der Waals surface area contributed by atoms with Gasteiger partial charge in [-0.2, -0.15) is 0 Å². The Balaban J connectivity index is 2.30. The largest absolute Gasteiger partial charge is 0.497 e. The van der Waals surface area contributed by atoms with Gasteiger partial charge in [0, 0.05) is 5.02 Å². The van der Waals surface area contributed by atoms with E-state index in [1.54, 1.807) is 7.11 Å². The van der Waals surface area contributed by atoms with Crippen molar-refractivity contribution in [1.82, 2.24) is 0 Å². The smallest absolute Gasteiger partial charge is 0.118 e. The number of rotatable bonds is 3. The third-order valence-electron chi connectivity index (χ3n) is 2.61. The summed E-state index contributed by atoms with van der Waals surface area (Å²) >= 11 is 5.96. The second-order valence-corrected chi connectivity index (χ2v) is 4.15. The van der Waals surface area contributed by atoms with E-state index in [9.17, 15) is 0 Å². The topological polar surface area (TPSA) is 9.23 Å². The molecule has 0 saturated heterocycles. The summed E-state index contributed by atoms with van der Waals surface area (Å²) in [4.78, 5) is 0. The molecule has 0 aliphatic heterocycles. The molecule has 17 heavy (non-hydrogen) atoms. The van der Waals surface area contributed by atoms with Gasteiger partial charge in [-0.3, -0.25) is 0 Å². The van der Waals surface area contributed by atoms with E-state index in [1.807, 2.05) is 48.5 Å². The van der Waals surface area contributed by atoms with Crippen LogP contribution < -0.4 is 4.74 Å². The quantitative estimate of drug-likeness (QED) is 0.777. The Morgan fingerprint density at radius 1 is 1.06 bits per heavy atom. The molecule has 2 aromatic carbocycles. The summed E-state index contributed by atoms with van der Waals surface area (Å²) in [6.07, 6.45) is 0. The molecular weight excluding hydrogens is 232 g/mol. The van der Waals surface area contributed by atoms with Crippen LogP contribution in [0.1, 0.15) is 11.1 Å². The molecule has 0 N–H and O–H groups in total. The zero-order valence-corrected chi connectivity index (χ0v) is 10.4. The maximum atomic E-state index is 5.96. The molecule has 0 atom stereocenters. The van der Waals surface area contributed by atoms with Gasteiger partial charge in [-0.15, -0.1) is 0 Å². The van der Waals surface area contributed by atoms with Crippen molar-refractivity contribution in [3.05, 3.63) is 71.3 Å². The van der Waals surface area contributed by atoms with Gasteiger partial charge in [-0.25, -0.2) is 0 Å². The molecule has 0 spiro atoms. The van der Waals surface area contributed by atoms with Gasteiger partial charge >= 0.3 is 0 Å². The van der Waals surface area contributed by atoms with Gasteiger partial charge in [-0.05, 0) is 41.0 Å². The number of hydrogen-bond acceptors (Lipinski definition) is 1. The van der Waals surface area contributed by atoms with E-state index in [4.69, 9.17) is 16.3 Å². The minimum atomic E-state index is 0.720. The summed E-state index contributed by atoms with van der Waals surface area (Å²) in [7, 11) is 1.65. The number of halogens is 1. The molecule has 0 radical (unpaired) electrons. The van der Waals surface area contributed by atoms with Crippen molar-refractivity contribution in [2.45, 2.75) is 0 Å². The van der Waals surface area contributed by atoms with E-state index in [1.165, 1.54) is 0 Å². The van der Waals surface area contributed by atoms with E-state index in [2.05, 4.69) is 6.58 Å². The molecular formula is C15H13ClO. The second kappa shape index (κ2) is 5.07. The lowest BCUT2D eigenvalue weighted by Crippen LogP contribution is -1.87. The van der Waals surface area contributed by atoms with E-state index in [0.29, 0.717) is 0 Å². The van der Waals surface area contributed by atoms with Crippen LogP contribution in [0.25, 0.3) is 5.57 Å². The minimum Gasteiger partial charge on any atom is -0.497 e. The first-order valence-corrected chi connectivity index (χ1v) is 5.68. The lowest BCUT2D eigenvalue weighted by Gasteiger charge is -2.07. The van der Waals surface area contributed by atoms with Crippen molar-refractivity contribution in [2.75, 3.05) is 7.11 Å². The third-order valence-corrected chi connectivity index (χ3v) is 2.85. The van der Waals surface area contributed by atoms with E-state index in [0.717, 1.165) is 27.5 Å². The Kier molecular flexibility index (Phi) is 3.50. The van der Waals surface area contributed by atoms with Gasteiger partial charge in [0.15, 0.2) is 0 Å². The van der Waals surface area contributed by atoms with Crippen LogP contribution in [0.15, 0.2) is 55.1 Å². The van der Waals surface area contributed by atoms with Crippen LogP contribution >= 0.6 is 11.6 Å². The second-order valence-electron chi connectivity index (χ2n) is 3.72. The monoisotopic (exact) mass is 244 g/mol. The lowest BCUT2D eigenvalue weighted by molar-refractivity contribution is 0.415. The molecule has 0 saturated carbocycles.